The second kappa shape index (κ2) is 5.76. The van der Waals surface area contributed by atoms with Gasteiger partial charge in [0.15, 0.2) is 0 Å². The monoisotopic (exact) mass is 255 g/mol. The molecule has 7 nitrogen and oxygen atoms in total. The van der Waals surface area contributed by atoms with Gasteiger partial charge in [0, 0.05) is 23.4 Å². The first-order valence-electron chi connectivity index (χ1n) is 5.49. The fraction of sp³-hybridized carbons (Fsp3) is 0.455. The van der Waals surface area contributed by atoms with E-state index in [4.69, 9.17) is 11.5 Å². The van der Waals surface area contributed by atoms with E-state index in [-0.39, 0.29) is 29.9 Å². The third-order valence-electron chi connectivity index (χ3n) is 2.76. The van der Waals surface area contributed by atoms with Gasteiger partial charge in [-0.2, -0.15) is 0 Å². The zero-order chi connectivity index (χ0) is 13.9. The number of hydrogen-bond donors (Lipinski definition) is 4. The SMILES string of the molecule is Cc1cc([N+](=O)[O-])cc(C(O)C(O)CCN)c1N. The van der Waals surface area contributed by atoms with Crippen molar-refractivity contribution in [2.45, 2.75) is 25.6 Å². The molecule has 0 saturated carbocycles. The van der Waals surface area contributed by atoms with Gasteiger partial charge in [-0.25, -0.2) is 0 Å². The summed E-state index contributed by atoms with van der Waals surface area (Å²) in [6.07, 6.45) is -2.20. The molecule has 0 aliphatic carbocycles. The zero-order valence-corrected chi connectivity index (χ0v) is 10.0. The van der Waals surface area contributed by atoms with Gasteiger partial charge in [-0.1, -0.05) is 0 Å². The van der Waals surface area contributed by atoms with Gasteiger partial charge in [-0.05, 0) is 25.5 Å². The summed E-state index contributed by atoms with van der Waals surface area (Å²) in [4.78, 5) is 10.2. The lowest BCUT2D eigenvalue weighted by Gasteiger charge is -2.19. The minimum absolute atomic E-state index is 0.155. The predicted molar refractivity (Wildman–Crippen MR) is 66.9 cm³/mol. The van der Waals surface area contributed by atoms with E-state index in [9.17, 15) is 20.3 Å². The normalized spacial score (nSPS) is 14.2. The lowest BCUT2D eigenvalue weighted by Crippen LogP contribution is -2.23. The van der Waals surface area contributed by atoms with Crippen LogP contribution in [0.25, 0.3) is 0 Å². The predicted octanol–water partition coefficient (Wildman–Crippen LogP) is 0.229. The highest BCUT2D eigenvalue weighted by atomic mass is 16.6. The van der Waals surface area contributed by atoms with Crippen molar-refractivity contribution in [2.24, 2.45) is 5.73 Å². The molecule has 0 amide bonds. The van der Waals surface area contributed by atoms with E-state index >= 15 is 0 Å². The van der Waals surface area contributed by atoms with Crippen LogP contribution >= 0.6 is 0 Å². The maximum absolute atomic E-state index is 10.7. The molecule has 1 aromatic rings. The van der Waals surface area contributed by atoms with Crippen molar-refractivity contribution in [3.05, 3.63) is 33.4 Å². The van der Waals surface area contributed by atoms with Gasteiger partial charge < -0.3 is 21.7 Å². The van der Waals surface area contributed by atoms with E-state index in [0.717, 1.165) is 0 Å². The van der Waals surface area contributed by atoms with Gasteiger partial charge in [0.05, 0.1) is 11.0 Å². The highest BCUT2D eigenvalue weighted by Gasteiger charge is 2.23. The minimum atomic E-state index is -1.29. The summed E-state index contributed by atoms with van der Waals surface area (Å²) in [5, 5.41) is 30.3. The average molecular weight is 255 g/mol. The number of benzene rings is 1. The summed E-state index contributed by atoms with van der Waals surface area (Å²) >= 11 is 0. The molecular weight excluding hydrogens is 238 g/mol. The van der Waals surface area contributed by atoms with Crippen molar-refractivity contribution in [1.82, 2.24) is 0 Å². The Kier molecular flexibility index (Phi) is 4.60. The van der Waals surface area contributed by atoms with Gasteiger partial charge >= 0.3 is 0 Å². The Balaban J connectivity index is 3.18. The summed E-state index contributed by atoms with van der Waals surface area (Å²) in [7, 11) is 0. The zero-order valence-electron chi connectivity index (χ0n) is 10.0. The summed E-state index contributed by atoms with van der Waals surface area (Å²) in [5.74, 6) is 0. The maximum atomic E-state index is 10.7. The maximum Gasteiger partial charge on any atom is 0.270 e. The minimum Gasteiger partial charge on any atom is -0.398 e. The van der Waals surface area contributed by atoms with Gasteiger partial charge in [0.2, 0.25) is 0 Å². The third kappa shape index (κ3) is 2.95. The molecule has 0 spiro atoms. The first-order valence-corrected chi connectivity index (χ1v) is 5.49. The Hall–Kier alpha value is -1.70. The molecule has 0 fully saturated rings. The van der Waals surface area contributed by atoms with E-state index in [1.165, 1.54) is 12.1 Å². The van der Waals surface area contributed by atoms with Crippen LogP contribution in [0.15, 0.2) is 12.1 Å². The second-order valence-corrected chi connectivity index (χ2v) is 4.11. The Bertz CT molecular complexity index is 450. The lowest BCUT2D eigenvalue weighted by molar-refractivity contribution is -0.385. The van der Waals surface area contributed by atoms with Crippen molar-refractivity contribution in [2.75, 3.05) is 12.3 Å². The van der Waals surface area contributed by atoms with E-state index in [1.54, 1.807) is 6.92 Å². The molecule has 6 N–H and O–H groups in total. The standard InChI is InChI=1S/C11H17N3O4/c1-6-4-7(14(17)18)5-8(10(6)13)11(16)9(15)2-3-12/h4-5,9,11,15-16H,2-3,12-13H2,1H3. The number of non-ortho nitro benzene ring substituents is 1. The summed E-state index contributed by atoms with van der Waals surface area (Å²) in [5.41, 5.74) is 11.8. The molecular formula is C11H17N3O4. The molecule has 2 atom stereocenters. The van der Waals surface area contributed by atoms with E-state index in [0.29, 0.717) is 5.56 Å². The number of aliphatic hydroxyl groups excluding tert-OH is 2. The molecule has 0 saturated heterocycles. The van der Waals surface area contributed by atoms with Gasteiger partial charge in [-0.15, -0.1) is 0 Å². The van der Waals surface area contributed by atoms with Crippen LogP contribution in [0.1, 0.15) is 23.7 Å². The number of nitrogens with two attached hydrogens (primary N) is 2. The van der Waals surface area contributed by atoms with Crippen molar-refractivity contribution < 1.29 is 15.1 Å². The van der Waals surface area contributed by atoms with Crippen LogP contribution < -0.4 is 11.5 Å². The Labute approximate surface area is 104 Å². The smallest absolute Gasteiger partial charge is 0.270 e. The number of aryl methyl sites for hydroxylation is 1. The molecule has 1 aromatic carbocycles. The largest absolute Gasteiger partial charge is 0.398 e. The van der Waals surface area contributed by atoms with Crippen LogP contribution in [0.4, 0.5) is 11.4 Å². The molecule has 0 aliphatic rings. The van der Waals surface area contributed by atoms with Crippen molar-refractivity contribution in [3.8, 4) is 0 Å². The second-order valence-electron chi connectivity index (χ2n) is 4.11. The van der Waals surface area contributed by atoms with Crippen LogP contribution in [-0.2, 0) is 0 Å². The van der Waals surface area contributed by atoms with Crippen molar-refractivity contribution >= 4 is 11.4 Å². The highest BCUT2D eigenvalue weighted by molar-refractivity contribution is 5.59. The highest BCUT2D eigenvalue weighted by Crippen LogP contribution is 2.31. The molecule has 1 rings (SSSR count). The van der Waals surface area contributed by atoms with Crippen LogP contribution in [0.5, 0.6) is 0 Å². The molecule has 2 unspecified atom stereocenters. The number of nitro groups is 1. The molecule has 0 aromatic heterocycles. The van der Waals surface area contributed by atoms with Gasteiger partial charge in [0.1, 0.15) is 6.10 Å². The molecule has 0 radical (unpaired) electrons. The number of hydrogen-bond acceptors (Lipinski definition) is 6. The fourth-order valence-corrected chi connectivity index (χ4v) is 1.69. The summed E-state index contributed by atoms with van der Waals surface area (Å²) < 4.78 is 0. The van der Waals surface area contributed by atoms with Crippen LogP contribution in [0, 0.1) is 17.0 Å². The first kappa shape index (κ1) is 14.4. The summed E-state index contributed by atoms with van der Waals surface area (Å²) in [6, 6.07) is 2.49. The van der Waals surface area contributed by atoms with Crippen LogP contribution in [-0.4, -0.2) is 27.8 Å². The Morgan fingerprint density at radius 3 is 2.56 bits per heavy atom. The molecule has 0 heterocycles. The Morgan fingerprint density at radius 1 is 1.44 bits per heavy atom. The lowest BCUT2D eigenvalue weighted by atomic mass is 9.97. The number of nitrogens with zero attached hydrogens (tertiary/aromatic N) is 1. The number of anilines is 1. The van der Waals surface area contributed by atoms with E-state index in [2.05, 4.69) is 0 Å². The van der Waals surface area contributed by atoms with Gasteiger partial charge in [0.25, 0.3) is 5.69 Å². The van der Waals surface area contributed by atoms with Crippen LogP contribution in [0.2, 0.25) is 0 Å². The van der Waals surface area contributed by atoms with E-state index in [1.807, 2.05) is 0 Å². The number of rotatable bonds is 5. The number of aliphatic hydroxyl groups is 2. The molecule has 100 valence electrons. The van der Waals surface area contributed by atoms with Crippen LogP contribution in [0.3, 0.4) is 0 Å². The quantitative estimate of drug-likeness (QED) is 0.338. The molecule has 18 heavy (non-hydrogen) atoms. The third-order valence-corrected chi connectivity index (χ3v) is 2.76. The fourth-order valence-electron chi connectivity index (χ4n) is 1.69. The topological polar surface area (TPSA) is 136 Å². The van der Waals surface area contributed by atoms with Crippen molar-refractivity contribution in [1.29, 1.82) is 0 Å². The van der Waals surface area contributed by atoms with Gasteiger partial charge in [-0.3, -0.25) is 10.1 Å². The van der Waals surface area contributed by atoms with Crippen molar-refractivity contribution in [3.63, 3.8) is 0 Å². The first-order chi connectivity index (χ1) is 8.38. The number of nitrogen functional groups attached to an aromatic ring is 1. The molecule has 7 heteroatoms. The summed E-state index contributed by atoms with van der Waals surface area (Å²) in [6.45, 7) is 1.81. The molecule has 0 bridgehead atoms. The average Bonchev–Trinajstić information content (AvgIpc) is 2.31. The number of nitro benzene ring substituents is 1. The Morgan fingerprint density at radius 2 is 2.06 bits per heavy atom. The molecule has 0 aliphatic heterocycles. The van der Waals surface area contributed by atoms with E-state index < -0.39 is 17.1 Å².